The molecule has 0 aromatic carbocycles. The van der Waals surface area contributed by atoms with Gasteiger partial charge in [0.25, 0.3) is 0 Å². The molecule has 18 nitrogen and oxygen atoms in total. The molecule has 0 aromatic rings. The number of aliphatic hydroxyl groups excluding tert-OH is 8. The van der Waals surface area contributed by atoms with Crippen molar-refractivity contribution in [2.24, 2.45) is 0 Å². The van der Waals surface area contributed by atoms with Gasteiger partial charge in [-0.05, 0) is 12.8 Å². The van der Waals surface area contributed by atoms with E-state index < -0.39 is 113 Å². The molecule has 0 amide bonds. The van der Waals surface area contributed by atoms with E-state index in [1.165, 1.54) is 116 Å². The zero-order chi connectivity index (χ0) is 50.2. The molecule has 1 saturated heterocycles. The lowest BCUT2D eigenvalue weighted by molar-refractivity contribution is -0.338. The number of ether oxygens (including phenoxy) is 4. The molecule has 402 valence electrons. The Kier molecular flexibility index (Phi) is 34.5. The monoisotopic (exact) mass is 1000 g/mol. The molecule has 13 atom stereocenters. The zero-order valence-corrected chi connectivity index (χ0v) is 42.3. The number of hydrogen-bond acceptors (Lipinski definition) is 17. The summed E-state index contributed by atoms with van der Waals surface area (Å²) in [6.45, 7) is 2.25. The summed E-state index contributed by atoms with van der Waals surface area (Å²) in [4.78, 5) is 36.6. The molecule has 0 aromatic heterocycles. The number of hydrogen-bond donors (Lipinski definition) is 9. The van der Waals surface area contributed by atoms with Crippen molar-refractivity contribution in [3.8, 4) is 0 Å². The quantitative estimate of drug-likeness (QED) is 0.0184. The topological polar surface area (TPSA) is 289 Å². The summed E-state index contributed by atoms with van der Waals surface area (Å²) in [5, 5.41) is 83.0. The molecule has 2 rings (SSSR count). The van der Waals surface area contributed by atoms with E-state index in [0.29, 0.717) is 12.8 Å². The first kappa shape index (κ1) is 62.8. The number of aliphatic hydroxyl groups is 8. The highest BCUT2D eigenvalue weighted by atomic mass is 31.2. The van der Waals surface area contributed by atoms with E-state index in [2.05, 4.69) is 13.8 Å². The van der Waals surface area contributed by atoms with Gasteiger partial charge in [0.05, 0.1) is 13.2 Å². The Morgan fingerprint density at radius 1 is 0.500 bits per heavy atom. The number of carbonyl (C=O) groups is 2. The average Bonchev–Trinajstić information content (AvgIpc) is 3.32. The Balaban J connectivity index is 1.92. The molecule has 0 bridgehead atoms. The molecule has 2 aliphatic rings. The zero-order valence-electron chi connectivity index (χ0n) is 41.4. The maximum Gasteiger partial charge on any atom is 0.472 e. The van der Waals surface area contributed by atoms with Crippen LogP contribution in [0.1, 0.15) is 206 Å². The van der Waals surface area contributed by atoms with Crippen molar-refractivity contribution in [1.82, 2.24) is 0 Å². The van der Waals surface area contributed by atoms with Crippen molar-refractivity contribution >= 4 is 19.8 Å². The van der Waals surface area contributed by atoms with E-state index in [0.717, 1.165) is 51.4 Å². The maximum atomic E-state index is 13.4. The van der Waals surface area contributed by atoms with Crippen LogP contribution in [0.5, 0.6) is 0 Å². The molecule has 1 saturated carbocycles. The number of carbonyl (C=O) groups excluding carboxylic acids is 2. The third kappa shape index (κ3) is 25.9. The fourth-order valence-electron chi connectivity index (χ4n) is 8.70. The van der Waals surface area contributed by atoms with Gasteiger partial charge in [0.1, 0.15) is 67.6 Å². The Bertz CT molecular complexity index is 1330. The van der Waals surface area contributed by atoms with Gasteiger partial charge in [-0.1, -0.05) is 181 Å². The van der Waals surface area contributed by atoms with Crippen LogP contribution >= 0.6 is 7.82 Å². The molecule has 0 radical (unpaired) electrons. The molecule has 13 unspecified atom stereocenters. The lowest BCUT2D eigenvalue weighted by Gasteiger charge is -2.47. The first-order valence-corrected chi connectivity index (χ1v) is 27.9. The van der Waals surface area contributed by atoms with Crippen LogP contribution in [0.25, 0.3) is 0 Å². The second-order valence-corrected chi connectivity index (χ2v) is 20.5. The van der Waals surface area contributed by atoms with E-state index >= 15 is 0 Å². The van der Waals surface area contributed by atoms with Gasteiger partial charge < -0.3 is 64.7 Å². The number of esters is 2. The first-order valence-electron chi connectivity index (χ1n) is 26.4. The summed E-state index contributed by atoms with van der Waals surface area (Å²) in [6, 6.07) is 0. The molecule has 1 aliphatic carbocycles. The number of unbranched alkanes of at least 4 members (excludes halogenated alkanes) is 26. The van der Waals surface area contributed by atoms with Crippen LogP contribution < -0.4 is 0 Å². The van der Waals surface area contributed by atoms with Gasteiger partial charge in [-0.2, -0.15) is 0 Å². The SMILES string of the molecule is CCCCCCCCCCCCCCCCCC(=O)OCC(COP(=O)(O)OC1C(O)C(O)C(O)C(O)C1OC1OC(CO)C(O)C(O)C1O)OC(=O)CCCCCCCCCCCCCCC. The van der Waals surface area contributed by atoms with Crippen LogP contribution in [0.4, 0.5) is 0 Å². The van der Waals surface area contributed by atoms with Crippen LogP contribution in [-0.4, -0.2) is 151 Å². The highest BCUT2D eigenvalue weighted by Gasteiger charge is 2.55. The molecule has 1 aliphatic heterocycles. The van der Waals surface area contributed by atoms with E-state index in [1.54, 1.807) is 0 Å². The van der Waals surface area contributed by atoms with Gasteiger partial charge in [0.2, 0.25) is 0 Å². The lowest BCUT2D eigenvalue weighted by atomic mass is 9.84. The summed E-state index contributed by atoms with van der Waals surface area (Å²) in [5.41, 5.74) is 0. The summed E-state index contributed by atoms with van der Waals surface area (Å²) in [5.74, 6) is -1.20. The molecule has 1 heterocycles. The second kappa shape index (κ2) is 37.4. The van der Waals surface area contributed by atoms with Crippen LogP contribution in [0.15, 0.2) is 0 Å². The molecular weight excluding hydrogens is 907 g/mol. The average molecular weight is 1000 g/mol. The fraction of sp³-hybridized carbons (Fsp3) is 0.959. The fourth-order valence-corrected chi connectivity index (χ4v) is 9.67. The van der Waals surface area contributed by atoms with Crippen molar-refractivity contribution in [3.63, 3.8) is 0 Å². The minimum absolute atomic E-state index is 0.0396. The van der Waals surface area contributed by atoms with Gasteiger partial charge in [0, 0.05) is 12.8 Å². The largest absolute Gasteiger partial charge is 0.472 e. The summed E-state index contributed by atoms with van der Waals surface area (Å²) < 4.78 is 45.5. The van der Waals surface area contributed by atoms with Gasteiger partial charge in [0.15, 0.2) is 12.4 Å². The molecule has 9 N–H and O–H groups in total. The Morgan fingerprint density at radius 3 is 1.31 bits per heavy atom. The van der Waals surface area contributed by atoms with Crippen LogP contribution in [-0.2, 0) is 42.1 Å². The van der Waals surface area contributed by atoms with Gasteiger partial charge in [-0.3, -0.25) is 18.6 Å². The minimum Gasteiger partial charge on any atom is -0.462 e. The van der Waals surface area contributed by atoms with E-state index in [9.17, 15) is 59.9 Å². The lowest BCUT2D eigenvalue weighted by Crippen LogP contribution is -2.67. The highest BCUT2D eigenvalue weighted by Crippen LogP contribution is 2.48. The van der Waals surface area contributed by atoms with Gasteiger partial charge in [-0.15, -0.1) is 0 Å². The van der Waals surface area contributed by atoms with Crippen molar-refractivity contribution in [1.29, 1.82) is 0 Å². The molecule has 68 heavy (non-hydrogen) atoms. The van der Waals surface area contributed by atoms with Crippen molar-refractivity contribution in [2.45, 2.75) is 280 Å². The molecule has 19 heteroatoms. The summed E-state index contributed by atoms with van der Waals surface area (Å²) in [6.07, 6.45) is 8.94. The third-order valence-corrected chi connectivity index (χ3v) is 14.0. The van der Waals surface area contributed by atoms with Gasteiger partial charge >= 0.3 is 19.8 Å². The number of rotatable bonds is 41. The van der Waals surface area contributed by atoms with Crippen molar-refractivity contribution in [2.75, 3.05) is 19.8 Å². The summed E-state index contributed by atoms with van der Waals surface area (Å²) in [7, 11) is -5.37. The van der Waals surface area contributed by atoms with E-state index in [1.807, 2.05) is 0 Å². The predicted molar refractivity (Wildman–Crippen MR) is 254 cm³/mol. The Hall–Kier alpha value is -1.35. The minimum atomic E-state index is -5.37. The van der Waals surface area contributed by atoms with Crippen molar-refractivity contribution < 1.29 is 87.9 Å². The number of phosphoric ester groups is 1. The number of phosphoric acid groups is 1. The van der Waals surface area contributed by atoms with E-state index in [4.69, 9.17) is 28.0 Å². The van der Waals surface area contributed by atoms with Gasteiger partial charge in [-0.25, -0.2) is 4.57 Å². The van der Waals surface area contributed by atoms with Crippen LogP contribution in [0.3, 0.4) is 0 Å². The second-order valence-electron chi connectivity index (χ2n) is 19.1. The summed E-state index contributed by atoms with van der Waals surface area (Å²) >= 11 is 0. The third-order valence-electron chi connectivity index (χ3n) is 13.1. The first-order chi connectivity index (χ1) is 32.7. The molecule has 0 spiro atoms. The van der Waals surface area contributed by atoms with Crippen molar-refractivity contribution in [3.05, 3.63) is 0 Å². The maximum absolute atomic E-state index is 13.4. The predicted octanol–water partition coefficient (Wildman–Crippen LogP) is 6.33. The van der Waals surface area contributed by atoms with E-state index in [-0.39, 0.29) is 12.8 Å². The standard InChI is InChI=1S/C49H93O18P/c1-3-5-7-9-11-13-15-17-18-20-21-23-25-27-29-31-38(51)62-34-36(64-39(52)32-30-28-26-24-22-19-16-14-12-10-8-6-4-2)35-63-68(60,61)67-48-45(58)43(56)42(55)44(57)47(48)66-49-46(59)41(54)40(53)37(33-50)65-49/h36-37,40-50,53-59H,3-35H2,1-2H3,(H,60,61). The van der Waals surface area contributed by atoms with Crippen LogP contribution in [0, 0.1) is 0 Å². The normalized spacial score (nSPS) is 27.7. The molecular formula is C49H93O18P. The Morgan fingerprint density at radius 2 is 0.882 bits per heavy atom. The highest BCUT2D eigenvalue weighted by molar-refractivity contribution is 7.47. The molecule has 2 fully saturated rings. The smallest absolute Gasteiger partial charge is 0.462 e. The Labute approximate surface area is 406 Å². The van der Waals surface area contributed by atoms with Crippen LogP contribution in [0.2, 0.25) is 0 Å².